The van der Waals surface area contributed by atoms with Crippen LogP contribution in [0, 0.1) is 5.92 Å². The first-order valence-corrected chi connectivity index (χ1v) is 10.2. The third-order valence-electron chi connectivity index (χ3n) is 7.30. The summed E-state index contributed by atoms with van der Waals surface area (Å²) in [7, 11) is 0. The molecule has 0 N–H and O–H groups in total. The van der Waals surface area contributed by atoms with Crippen molar-refractivity contribution in [1.82, 2.24) is 4.90 Å². The third-order valence-corrected chi connectivity index (χ3v) is 7.30. The van der Waals surface area contributed by atoms with E-state index >= 15 is 0 Å². The lowest BCUT2D eigenvalue weighted by atomic mass is 9.52. The molecule has 3 atom stereocenters. The van der Waals surface area contributed by atoms with E-state index in [0.717, 1.165) is 24.4 Å². The van der Waals surface area contributed by atoms with Crippen molar-refractivity contribution in [2.75, 3.05) is 13.1 Å². The summed E-state index contributed by atoms with van der Waals surface area (Å²) in [6, 6.07) is 19.5. The summed E-state index contributed by atoms with van der Waals surface area (Å²) in [6.45, 7) is 1.64. The average Bonchev–Trinajstić information content (AvgIpc) is 2.70. The summed E-state index contributed by atoms with van der Waals surface area (Å²) < 4.78 is 0. The van der Waals surface area contributed by atoms with Crippen molar-refractivity contribution >= 4 is 5.78 Å². The molecule has 0 spiro atoms. The van der Waals surface area contributed by atoms with Gasteiger partial charge < -0.3 is 0 Å². The van der Waals surface area contributed by atoms with Gasteiger partial charge in [-0.2, -0.15) is 0 Å². The van der Waals surface area contributed by atoms with E-state index in [1.54, 1.807) is 5.56 Å². The fraction of sp³-hybridized carbons (Fsp3) is 0.458. The first kappa shape index (κ1) is 16.3. The zero-order chi connectivity index (χ0) is 17.6. The van der Waals surface area contributed by atoms with Gasteiger partial charge in [0.2, 0.25) is 0 Å². The smallest absolute Gasteiger partial charge is 0.176 e. The van der Waals surface area contributed by atoms with Gasteiger partial charge in [0, 0.05) is 17.0 Å². The van der Waals surface area contributed by atoms with Crippen LogP contribution in [0.25, 0.3) is 0 Å². The van der Waals surface area contributed by atoms with Crippen LogP contribution in [0.5, 0.6) is 0 Å². The Balaban J connectivity index is 1.47. The highest BCUT2D eigenvalue weighted by molar-refractivity contribution is 5.97. The molecule has 2 nitrogen and oxygen atoms in total. The highest BCUT2D eigenvalue weighted by Gasteiger charge is 2.53. The Kier molecular flexibility index (Phi) is 3.97. The molecule has 2 heteroatoms. The second kappa shape index (κ2) is 6.35. The molecule has 134 valence electrons. The number of fused-ring (bicyclic) bond motifs is 1. The molecule has 2 aromatic carbocycles. The van der Waals surface area contributed by atoms with Gasteiger partial charge in [0.25, 0.3) is 0 Å². The van der Waals surface area contributed by atoms with Crippen LogP contribution >= 0.6 is 0 Å². The summed E-state index contributed by atoms with van der Waals surface area (Å²) >= 11 is 0. The number of Topliss-reactive ketones (excluding diaryl/α,β-unsaturated/α-hetero) is 1. The van der Waals surface area contributed by atoms with Gasteiger partial charge >= 0.3 is 0 Å². The van der Waals surface area contributed by atoms with Gasteiger partial charge in [-0.1, -0.05) is 67.4 Å². The van der Waals surface area contributed by atoms with Crippen LogP contribution in [0.1, 0.15) is 53.6 Å². The van der Waals surface area contributed by atoms with Crippen molar-refractivity contribution in [3.8, 4) is 0 Å². The van der Waals surface area contributed by atoms with E-state index in [9.17, 15) is 4.79 Å². The summed E-state index contributed by atoms with van der Waals surface area (Å²) in [6.07, 6.45) is 7.71. The first-order valence-electron chi connectivity index (χ1n) is 10.2. The lowest BCUT2D eigenvalue weighted by Gasteiger charge is -2.59. The summed E-state index contributed by atoms with van der Waals surface area (Å²) in [5.74, 6) is 0.997. The Morgan fingerprint density at radius 1 is 1.00 bits per heavy atom. The molecule has 0 amide bonds. The molecule has 1 unspecified atom stereocenters. The Hall–Kier alpha value is -1.93. The molecule has 2 aliphatic carbocycles. The quantitative estimate of drug-likeness (QED) is 0.756. The topological polar surface area (TPSA) is 20.3 Å². The maximum absolute atomic E-state index is 12.8. The van der Waals surface area contributed by atoms with Crippen molar-refractivity contribution in [3.05, 3.63) is 71.3 Å². The van der Waals surface area contributed by atoms with E-state index < -0.39 is 0 Å². The Labute approximate surface area is 156 Å². The second-order valence-corrected chi connectivity index (χ2v) is 8.45. The fourth-order valence-electron chi connectivity index (χ4n) is 6.15. The van der Waals surface area contributed by atoms with E-state index in [-0.39, 0.29) is 5.78 Å². The van der Waals surface area contributed by atoms with Crippen LogP contribution in [0.3, 0.4) is 0 Å². The number of piperidine rings is 1. The minimum atomic E-state index is 0.271. The molecule has 0 aromatic heterocycles. The van der Waals surface area contributed by atoms with Crippen LogP contribution in [0.15, 0.2) is 54.6 Å². The maximum atomic E-state index is 12.8. The molecule has 1 heterocycles. The number of ketones is 1. The Bertz CT molecular complexity index is 814. The number of likely N-dealkylation sites (tertiary alicyclic amines) is 1. The third kappa shape index (κ3) is 2.46. The highest BCUT2D eigenvalue weighted by Crippen LogP contribution is 2.55. The van der Waals surface area contributed by atoms with Crippen molar-refractivity contribution in [1.29, 1.82) is 0 Å². The van der Waals surface area contributed by atoms with E-state index in [0.29, 0.717) is 18.0 Å². The predicted octanol–water partition coefficient (Wildman–Crippen LogP) is 4.63. The van der Waals surface area contributed by atoms with E-state index in [1.165, 1.54) is 37.7 Å². The summed E-state index contributed by atoms with van der Waals surface area (Å²) in [5.41, 5.74) is 4.40. The molecule has 2 bridgehead atoms. The average molecular weight is 345 g/mol. The Morgan fingerprint density at radius 2 is 1.81 bits per heavy atom. The van der Waals surface area contributed by atoms with Gasteiger partial charge in [-0.15, -0.1) is 0 Å². The molecule has 1 aliphatic heterocycles. The zero-order valence-corrected chi connectivity index (χ0v) is 15.4. The number of hydrogen-bond donors (Lipinski definition) is 0. The number of hydrogen-bond acceptors (Lipinski definition) is 2. The fourth-order valence-corrected chi connectivity index (χ4v) is 6.15. The predicted molar refractivity (Wildman–Crippen MR) is 105 cm³/mol. The Morgan fingerprint density at radius 3 is 2.69 bits per heavy atom. The van der Waals surface area contributed by atoms with Crippen molar-refractivity contribution in [3.63, 3.8) is 0 Å². The zero-order valence-electron chi connectivity index (χ0n) is 15.4. The first-order chi connectivity index (χ1) is 12.8. The number of rotatable bonds is 3. The van der Waals surface area contributed by atoms with E-state index in [1.807, 2.05) is 30.3 Å². The molecule has 1 saturated carbocycles. The minimum Gasteiger partial charge on any atom is -0.293 e. The largest absolute Gasteiger partial charge is 0.293 e. The second-order valence-electron chi connectivity index (χ2n) is 8.45. The van der Waals surface area contributed by atoms with Gasteiger partial charge in [-0.25, -0.2) is 0 Å². The van der Waals surface area contributed by atoms with Crippen LogP contribution in [-0.4, -0.2) is 29.8 Å². The van der Waals surface area contributed by atoms with Crippen LogP contribution in [0.4, 0.5) is 0 Å². The summed E-state index contributed by atoms with van der Waals surface area (Å²) in [4.78, 5) is 15.3. The number of benzene rings is 2. The van der Waals surface area contributed by atoms with E-state index in [2.05, 4.69) is 29.2 Å². The van der Waals surface area contributed by atoms with Gasteiger partial charge in [0.1, 0.15) is 0 Å². The standard InChI is InChI=1S/C24H27NO/c26-23(18-8-2-1-3-9-18)17-25-15-14-24-13-7-6-12-21(24)22(25)16-19-10-4-5-11-20(19)24/h1-5,8-11,21-22H,6-7,12-17H2/t21-,22-,24?/m1/s1. The van der Waals surface area contributed by atoms with Gasteiger partial charge in [-0.05, 0) is 49.3 Å². The molecular weight excluding hydrogens is 318 g/mol. The van der Waals surface area contributed by atoms with Gasteiger partial charge in [-0.3, -0.25) is 9.69 Å². The molecule has 2 aromatic rings. The lowest BCUT2D eigenvalue weighted by molar-refractivity contribution is -0.00838. The van der Waals surface area contributed by atoms with Crippen molar-refractivity contribution in [2.45, 2.75) is 50.0 Å². The van der Waals surface area contributed by atoms with Crippen LogP contribution in [0.2, 0.25) is 0 Å². The minimum absolute atomic E-state index is 0.271. The maximum Gasteiger partial charge on any atom is 0.176 e. The van der Waals surface area contributed by atoms with Crippen LogP contribution in [-0.2, 0) is 11.8 Å². The SMILES string of the molecule is O=C(CN1CCC23CCCC[C@@H]2[C@H]1Cc1ccccc13)c1ccccc1. The molecule has 2 fully saturated rings. The highest BCUT2D eigenvalue weighted by atomic mass is 16.1. The summed E-state index contributed by atoms with van der Waals surface area (Å²) in [5, 5.41) is 0. The molecule has 0 radical (unpaired) electrons. The van der Waals surface area contributed by atoms with Gasteiger partial charge in [0.05, 0.1) is 6.54 Å². The number of carbonyl (C=O) groups excluding carboxylic acids is 1. The monoisotopic (exact) mass is 345 g/mol. The van der Waals surface area contributed by atoms with Crippen molar-refractivity contribution < 1.29 is 4.79 Å². The molecular formula is C24H27NO. The molecule has 5 rings (SSSR count). The normalized spacial score (nSPS) is 30.3. The van der Waals surface area contributed by atoms with Crippen molar-refractivity contribution in [2.24, 2.45) is 5.92 Å². The number of nitrogens with zero attached hydrogens (tertiary/aromatic N) is 1. The van der Waals surface area contributed by atoms with Crippen LogP contribution < -0.4 is 0 Å². The molecule has 1 saturated heterocycles. The number of carbonyl (C=O) groups is 1. The van der Waals surface area contributed by atoms with E-state index in [4.69, 9.17) is 0 Å². The molecule has 3 aliphatic rings. The van der Waals surface area contributed by atoms with Gasteiger partial charge in [0.15, 0.2) is 5.78 Å². The lowest BCUT2D eigenvalue weighted by Crippen LogP contribution is -2.61. The molecule has 26 heavy (non-hydrogen) atoms.